The molecular formula is C14H6Cl2N2O4. The van der Waals surface area contributed by atoms with E-state index < -0.39 is 22.4 Å². The first-order valence-electron chi connectivity index (χ1n) is 6.03. The molecule has 0 unspecified atom stereocenters. The lowest BCUT2D eigenvalue weighted by atomic mass is 10.1. The highest BCUT2D eigenvalue weighted by atomic mass is 35.5. The van der Waals surface area contributed by atoms with Crippen LogP contribution in [0.2, 0.25) is 10.0 Å². The van der Waals surface area contributed by atoms with Crippen LogP contribution in [0.25, 0.3) is 0 Å². The Morgan fingerprint density at radius 1 is 1.05 bits per heavy atom. The van der Waals surface area contributed by atoms with Crippen LogP contribution < -0.4 is 4.90 Å². The molecule has 0 bridgehead atoms. The molecule has 0 aliphatic carbocycles. The number of nitro groups is 1. The van der Waals surface area contributed by atoms with E-state index in [2.05, 4.69) is 0 Å². The van der Waals surface area contributed by atoms with Gasteiger partial charge in [0.15, 0.2) is 0 Å². The summed E-state index contributed by atoms with van der Waals surface area (Å²) < 4.78 is 0. The Bertz CT molecular complexity index is 851. The van der Waals surface area contributed by atoms with Gasteiger partial charge in [0, 0.05) is 11.1 Å². The summed E-state index contributed by atoms with van der Waals surface area (Å²) in [5, 5.41) is 11.5. The summed E-state index contributed by atoms with van der Waals surface area (Å²) in [4.78, 5) is 36.1. The number of carbonyl (C=O) groups excluding carboxylic acids is 2. The number of anilines is 1. The second-order valence-corrected chi connectivity index (χ2v) is 5.34. The minimum Gasteiger partial charge on any atom is -0.268 e. The van der Waals surface area contributed by atoms with Gasteiger partial charge in [-0.3, -0.25) is 19.7 Å². The summed E-state index contributed by atoms with van der Waals surface area (Å²) in [5.74, 6) is -1.44. The minimum atomic E-state index is -0.781. The number of hydrogen-bond donors (Lipinski definition) is 0. The first kappa shape index (κ1) is 14.5. The fraction of sp³-hybridized carbons (Fsp3) is 0. The number of carbonyl (C=O) groups is 2. The van der Waals surface area contributed by atoms with Crippen LogP contribution in [-0.4, -0.2) is 16.7 Å². The van der Waals surface area contributed by atoms with Crippen molar-refractivity contribution in [3.63, 3.8) is 0 Å². The second-order valence-electron chi connectivity index (χ2n) is 4.50. The molecular weight excluding hydrogens is 331 g/mol. The molecule has 22 heavy (non-hydrogen) atoms. The van der Waals surface area contributed by atoms with Gasteiger partial charge in [-0.15, -0.1) is 0 Å². The third-order valence-corrected chi connectivity index (χ3v) is 3.78. The zero-order valence-electron chi connectivity index (χ0n) is 10.7. The SMILES string of the molecule is O=C1c2cccc([N+](=O)[O-])c2C(=O)N1c1ccc(Cl)cc1Cl. The molecule has 0 saturated heterocycles. The molecule has 8 heteroatoms. The van der Waals surface area contributed by atoms with Gasteiger partial charge < -0.3 is 0 Å². The number of nitro benzene ring substituents is 1. The van der Waals surface area contributed by atoms with E-state index in [1.54, 1.807) is 0 Å². The third kappa shape index (κ3) is 2.04. The molecule has 0 spiro atoms. The zero-order chi connectivity index (χ0) is 16.0. The molecule has 110 valence electrons. The van der Waals surface area contributed by atoms with Crippen molar-refractivity contribution in [1.29, 1.82) is 0 Å². The van der Waals surface area contributed by atoms with Gasteiger partial charge in [-0.1, -0.05) is 29.3 Å². The molecule has 0 atom stereocenters. The number of halogens is 2. The average molecular weight is 337 g/mol. The fourth-order valence-corrected chi connectivity index (χ4v) is 2.79. The second kappa shape index (κ2) is 5.08. The lowest BCUT2D eigenvalue weighted by molar-refractivity contribution is -0.385. The summed E-state index contributed by atoms with van der Waals surface area (Å²) >= 11 is 11.8. The molecule has 1 aliphatic rings. The zero-order valence-corrected chi connectivity index (χ0v) is 12.3. The molecule has 0 fully saturated rings. The van der Waals surface area contributed by atoms with E-state index in [9.17, 15) is 19.7 Å². The van der Waals surface area contributed by atoms with Crippen molar-refractivity contribution < 1.29 is 14.5 Å². The minimum absolute atomic E-state index is 0.0229. The Hall–Kier alpha value is -2.44. The van der Waals surface area contributed by atoms with Crippen molar-refractivity contribution in [2.24, 2.45) is 0 Å². The number of imide groups is 1. The van der Waals surface area contributed by atoms with Crippen LogP contribution in [-0.2, 0) is 0 Å². The van der Waals surface area contributed by atoms with Gasteiger partial charge in [0.2, 0.25) is 0 Å². The summed E-state index contributed by atoms with van der Waals surface area (Å²) in [6.07, 6.45) is 0. The van der Waals surface area contributed by atoms with Crippen molar-refractivity contribution >= 4 is 46.4 Å². The molecule has 3 rings (SSSR count). The number of nitrogens with zero attached hydrogens (tertiary/aromatic N) is 2. The Kier molecular flexibility index (Phi) is 3.35. The van der Waals surface area contributed by atoms with E-state index in [1.807, 2.05) is 0 Å². The van der Waals surface area contributed by atoms with Crippen LogP contribution in [0.5, 0.6) is 0 Å². The number of rotatable bonds is 2. The Morgan fingerprint density at radius 3 is 2.41 bits per heavy atom. The normalized spacial score (nSPS) is 13.5. The Labute approximate surface area is 134 Å². The highest BCUT2D eigenvalue weighted by Gasteiger charge is 2.42. The maximum absolute atomic E-state index is 12.5. The van der Waals surface area contributed by atoms with Crippen LogP contribution in [0, 0.1) is 10.1 Å². The van der Waals surface area contributed by atoms with Crippen LogP contribution in [0.4, 0.5) is 11.4 Å². The van der Waals surface area contributed by atoms with Gasteiger partial charge in [0.25, 0.3) is 17.5 Å². The average Bonchev–Trinajstić information content (AvgIpc) is 2.72. The van der Waals surface area contributed by atoms with Gasteiger partial charge in [-0.2, -0.15) is 0 Å². The van der Waals surface area contributed by atoms with E-state index >= 15 is 0 Å². The lowest BCUT2D eigenvalue weighted by Crippen LogP contribution is -2.29. The topological polar surface area (TPSA) is 80.5 Å². The van der Waals surface area contributed by atoms with E-state index in [1.165, 1.54) is 36.4 Å². The highest BCUT2D eigenvalue weighted by molar-refractivity contribution is 6.41. The Morgan fingerprint density at radius 2 is 1.77 bits per heavy atom. The number of hydrogen-bond acceptors (Lipinski definition) is 4. The summed E-state index contributed by atoms with van der Waals surface area (Å²) in [6.45, 7) is 0. The largest absolute Gasteiger partial charge is 0.283 e. The number of benzene rings is 2. The van der Waals surface area contributed by atoms with Crippen LogP contribution in [0.3, 0.4) is 0 Å². The molecule has 0 N–H and O–H groups in total. The van der Waals surface area contributed by atoms with Gasteiger partial charge in [-0.05, 0) is 24.3 Å². The highest BCUT2D eigenvalue weighted by Crippen LogP contribution is 2.37. The molecule has 0 aromatic heterocycles. The number of amides is 2. The van der Waals surface area contributed by atoms with Crippen LogP contribution >= 0.6 is 23.2 Å². The molecule has 2 amide bonds. The maximum Gasteiger partial charge on any atom is 0.283 e. The lowest BCUT2D eigenvalue weighted by Gasteiger charge is -2.15. The molecule has 0 saturated carbocycles. The first-order chi connectivity index (χ1) is 10.4. The van der Waals surface area contributed by atoms with Crippen LogP contribution in [0.15, 0.2) is 36.4 Å². The first-order valence-corrected chi connectivity index (χ1v) is 6.78. The van der Waals surface area contributed by atoms with Gasteiger partial charge in [-0.25, -0.2) is 4.90 Å². The monoisotopic (exact) mass is 336 g/mol. The van der Waals surface area contributed by atoms with Crippen molar-refractivity contribution in [2.45, 2.75) is 0 Å². The van der Waals surface area contributed by atoms with Gasteiger partial charge in [0.1, 0.15) is 5.56 Å². The Balaban J connectivity index is 2.19. The standard InChI is InChI=1S/C14H6Cl2N2O4/c15-7-4-5-10(9(16)6-7)17-13(19)8-2-1-3-11(18(21)22)12(8)14(17)20/h1-6H. The van der Waals surface area contributed by atoms with Gasteiger partial charge >= 0.3 is 0 Å². The molecule has 1 aliphatic heterocycles. The molecule has 2 aromatic carbocycles. The summed E-state index contributed by atoms with van der Waals surface area (Å²) in [6, 6.07) is 8.17. The van der Waals surface area contributed by atoms with E-state index in [0.29, 0.717) is 5.02 Å². The molecule has 1 heterocycles. The van der Waals surface area contributed by atoms with E-state index in [-0.39, 0.29) is 21.8 Å². The smallest absolute Gasteiger partial charge is 0.268 e. The van der Waals surface area contributed by atoms with Crippen molar-refractivity contribution in [3.8, 4) is 0 Å². The summed E-state index contributed by atoms with van der Waals surface area (Å²) in [5.41, 5.74) is -0.538. The van der Waals surface area contributed by atoms with E-state index in [4.69, 9.17) is 23.2 Å². The van der Waals surface area contributed by atoms with Crippen LogP contribution in [0.1, 0.15) is 20.7 Å². The maximum atomic E-state index is 12.5. The quantitative estimate of drug-likeness (QED) is 0.475. The van der Waals surface area contributed by atoms with Crippen molar-refractivity contribution in [2.75, 3.05) is 4.90 Å². The predicted octanol–water partition coefficient (Wildman–Crippen LogP) is 3.70. The molecule has 6 nitrogen and oxygen atoms in total. The third-order valence-electron chi connectivity index (χ3n) is 3.24. The van der Waals surface area contributed by atoms with Gasteiger partial charge in [0.05, 0.1) is 21.2 Å². The predicted molar refractivity (Wildman–Crippen MR) is 80.7 cm³/mol. The molecule has 0 radical (unpaired) electrons. The molecule has 2 aromatic rings. The van der Waals surface area contributed by atoms with Crippen molar-refractivity contribution in [3.05, 3.63) is 67.7 Å². The fourth-order valence-electron chi connectivity index (χ4n) is 2.30. The van der Waals surface area contributed by atoms with E-state index in [0.717, 1.165) is 4.90 Å². The van der Waals surface area contributed by atoms with Crippen molar-refractivity contribution in [1.82, 2.24) is 0 Å². The number of fused-ring (bicyclic) bond motifs is 1. The summed E-state index contributed by atoms with van der Waals surface area (Å²) in [7, 11) is 0.